The lowest BCUT2D eigenvalue weighted by molar-refractivity contribution is -0.255. The van der Waals surface area contributed by atoms with Crippen molar-refractivity contribution in [3.05, 3.63) is 87.4 Å². The zero-order valence-electron chi connectivity index (χ0n) is 20.3. The van der Waals surface area contributed by atoms with Crippen LogP contribution in [0.5, 0.6) is 5.75 Å². The molecule has 1 aliphatic rings. The Balaban J connectivity index is 1.30. The summed E-state index contributed by atoms with van der Waals surface area (Å²) in [6.07, 6.45) is 5.08. The van der Waals surface area contributed by atoms with Gasteiger partial charge in [0, 0.05) is 22.4 Å². The lowest BCUT2D eigenvalue weighted by Crippen LogP contribution is -2.23. The highest BCUT2D eigenvalue weighted by atomic mass is 32.1. The lowest BCUT2D eigenvalue weighted by atomic mass is 9.89. The Kier molecular flexibility index (Phi) is 7.68. The SMILES string of the molecule is CC1CCC(Oc2ccc(-c3csc(N(Cc4ccc(C(=O)[O-])cc4)Cc4cccs4)n3)cc2)CC1. The minimum Gasteiger partial charge on any atom is -0.545 e. The summed E-state index contributed by atoms with van der Waals surface area (Å²) in [6, 6.07) is 19.3. The number of nitrogens with zero attached hydrogens (tertiary/aromatic N) is 2. The van der Waals surface area contributed by atoms with Crippen molar-refractivity contribution < 1.29 is 14.6 Å². The number of carboxylic acids is 1. The van der Waals surface area contributed by atoms with Crippen molar-refractivity contribution in [3.8, 4) is 17.0 Å². The van der Waals surface area contributed by atoms with Crippen molar-refractivity contribution in [2.45, 2.75) is 51.8 Å². The molecule has 0 spiro atoms. The number of thiazole rings is 1. The maximum atomic E-state index is 11.1. The average Bonchev–Trinajstić information content (AvgIpc) is 3.59. The molecule has 2 aromatic heterocycles. The fraction of sp³-hybridized carbons (Fsp3) is 0.310. The van der Waals surface area contributed by atoms with E-state index in [1.807, 2.05) is 12.1 Å². The second-order valence-corrected chi connectivity index (χ2v) is 11.3. The third-order valence-corrected chi connectivity index (χ3v) is 8.43. The number of carboxylic acid groups (broad SMARTS) is 1. The van der Waals surface area contributed by atoms with Crippen LogP contribution in [0.4, 0.5) is 5.13 Å². The first-order valence-corrected chi connectivity index (χ1v) is 14.1. The number of aromatic nitrogens is 1. The van der Waals surface area contributed by atoms with E-state index in [-0.39, 0.29) is 5.56 Å². The number of carbonyl (C=O) groups is 1. The van der Waals surface area contributed by atoms with E-state index in [0.717, 1.165) is 53.0 Å². The number of hydrogen-bond acceptors (Lipinski definition) is 7. The molecule has 5 rings (SSSR count). The van der Waals surface area contributed by atoms with Gasteiger partial charge in [-0.25, -0.2) is 4.98 Å². The molecular formula is C29H29N2O3S2-. The maximum absolute atomic E-state index is 11.1. The molecule has 36 heavy (non-hydrogen) atoms. The molecule has 5 nitrogen and oxygen atoms in total. The van der Waals surface area contributed by atoms with Crippen LogP contribution in [0.15, 0.2) is 71.4 Å². The van der Waals surface area contributed by atoms with Crippen molar-refractivity contribution in [2.75, 3.05) is 4.90 Å². The first kappa shape index (κ1) is 24.5. The first-order chi connectivity index (χ1) is 17.5. The fourth-order valence-electron chi connectivity index (χ4n) is 4.53. The van der Waals surface area contributed by atoms with E-state index in [1.165, 1.54) is 17.7 Å². The summed E-state index contributed by atoms with van der Waals surface area (Å²) in [5, 5.41) is 16.2. The summed E-state index contributed by atoms with van der Waals surface area (Å²) in [6.45, 7) is 3.69. The van der Waals surface area contributed by atoms with Crippen LogP contribution in [0, 0.1) is 5.92 Å². The minimum atomic E-state index is -1.16. The van der Waals surface area contributed by atoms with Gasteiger partial charge in [0.15, 0.2) is 5.13 Å². The van der Waals surface area contributed by atoms with Crippen LogP contribution in [0.1, 0.15) is 53.4 Å². The number of hydrogen-bond donors (Lipinski definition) is 0. The largest absolute Gasteiger partial charge is 0.545 e. The van der Waals surface area contributed by atoms with E-state index in [1.54, 1.807) is 34.8 Å². The predicted octanol–water partition coefficient (Wildman–Crippen LogP) is 6.40. The smallest absolute Gasteiger partial charge is 0.186 e. The van der Waals surface area contributed by atoms with Crippen molar-refractivity contribution >= 4 is 33.8 Å². The fourth-order valence-corrected chi connectivity index (χ4v) is 6.09. The summed E-state index contributed by atoms with van der Waals surface area (Å²) in [5.74, 6) is 0.575. The number of thiophene rings is 1. The van der Waals surface area contributed by atoms with E-state index >= 15 is 0 Å². The number of carbonyl (C=O) groups excluding carboxylic acids is 1. The van der Waals surface area contributed by atoms with Gasteiger partial charge in [0.1, 0.15) is 5.75 Å². The maximum Gasteiger partial charge on any atom is 0.186 e. The summed E-state index contributed by atoms with van der Waals surface area (Å²) in [7, 11) is 0. The standard InChI is InChI=1S/C29H30N2O3S2/c1-20-4-12-24(13-5-20)34-25-14-10-22(11-15-25)27-19-36-29(30-27)31(18-26-3-2-16-35-26)17-21-6-8-23(9-7-21)28(32)33/h2-3,6-11,14-16,19-20,24H,4-5,12-13,17-18H2,1H3,(H,32,33)/p-1. The quantitative estimate of drug-likeness (QED) is 0.257. The third-order valence-electron chi connectivity index (χ3n) is 6.67. The minimum absolute atomic E-state index is 0.186. The number of ether oxygens (including phenoxy) is 1. The molecule has 4 aromatic rings. The Morgan fingerprint density at radius 3 is 2.42 bits per heavy atom. The van der Waals surface area contributed by atoms with Gasteiger partial charge in [-0.3, -0.25) is 0 Å². The van der Waals surface area contributed by atoms with Crippen LogP contribution in [0.3, 0.4) is 0 Å². The molecule has 0 N–H and O–H groups in total. The Hall–Kier alpha value is -3.16. The Morgan fingerprint density at radius 2 is 1.75 bits per heavy atom. The molecule has 1 saturated carbocycles. The molecule has 0 radical (unpaired) electrons. The van der Waals surface area contributed by atoms with Gasteiger partial charge in [0.2, 0.25) is 0 Å². The topological polar surface area (TPSA) is 65.5 Å². The van der Waals surface area contributed by atoms with Crippen molar-refractivity contribution in [1.82, 2.24) is 4.98 Å². The molecule has 2 aromatic carbocycles. The van der Waals surface area contributed by atoms with Gasteiger partial charge in [-0.15, -0.1) is 22.7 Å². The van der Waals surface area contributed by atoms with Gasteiger partial charge < -0.3 is 19.5 Å². The number of anilines is 1. The molecule has 2 heterocycles. The monoisotopic (exact) mass is 517 g/mol. The molecule has 0 atom stereocenters. The van der Waals surface area contributed by atoms with Crippen molar-refractivity contribution in [1.29, 1.82) is 0 Å². The molecule has 0 amide bonds. The summed E-state index contributed by atoms with van der Waals surface area (Å²) in [5.41, 5.74) is 3.21. The van der Waals surface area contributed by atoms with Gasteiger partial charge in [-0.1, -0.05) is 37.3 Å². The van der Waals surface area contributed by atoms with Gasteiger partial charge in [0.05, 0.1) is 24.3 Å². The second-order valence-electron chi connectivity index (χ2n) is 9.46. The van der Waals surface area contributed by atoms with Crippen LogP contribution in [0.2, 0.25) is 0 Å². The van der Waals surface area contributed by atoms with Crippen molar-refractivity contribution in [2.24, 2.45) is 5.92 Å². The van der Waals surface area contributed by atoms with E-state index in [2.05, 4.69) is 59.0 Å². The highest BCUT2D eigenvalue weighted by Gasteiger charge is 2.20. The van der Waals surface area contributed by atoms with Crippen LogP contribution in [0.25, 0.3) is 11.3 Å². The van der Waals surface area contributed by atoms with Gasteiger partial charge in [-0.05, 0) is 78.4 Å². The van der Waals surface area contributed by atoms with E-state index in [9.17, 15) is 9.90 Å². The normalized spacial score (nSPS) is 17.6. The Bertz CT molecular complexity index is 1260. The van der Waals surface area contributed by atoms with Crippen LogP contribution < -0.4 is 14.7 Å². The van der Waals surface area contributed by atoms with Gasteiger partial charge in [-0.2, -0.15) is 0 Å². The zero-order chi connectivity index (χ0) is 24.9. The molecule has 0 unspecified atom stereocenters. The zero-order valence-corrected chi connectivity index (χ0v) is 21.9. The first-order valence-electron chi connectivity index (χ1n) is 12.3. The molecular weight excluding hydrogens is 488 g/mol. The average molecular weight is 518 g/mol. The Morgan fingerprint density at radius 1 is 1.00 bits per heavy atom. The molecule has 186 valence electrons. The molecule has 0 bridgehead atoms. The molecule has 0 saturated heterocycles. The molecule has 7 heteroatoms. The summed E-state index contributed by atoms with van der Waals surface area (Å²) < 4.78 is 6.22. The van der Waals surface area contributed by atoms with Crippen LogP contribution in [-0.4, -0.2) is 17.1 Å². The highest BCUT2D eigenvalue weighted by Crippen LogP contribution is 2.32. The van der Waals surface area contributed by atoms with Crippen LogP contribution >= 0.6 is 22.7 Å². The second kappa shape index (κ2) is 11.3. The highest BCUT2D eigenvalue weighted by molar-refractivity contribution is 7.14. The number of benzene rings is 2. The van der Waals surface area contributed by atoms with E-state index in [0.29, 0.717) is 12.6 Å². The Labute approximate surface area is 220 Å². The molecule has 1 aliphatic carbocycles. The predicted molar refractivity (Wildman–Crippen MR) is 145 cm³/mol. The lowest BCUT2D eigenvalue weighted by Gasteiger charge is -2.26. The summed E-state index contributed by atoms with van der Waals surface area (Å²) in [4.78, 5) is 19.5. The third kappa shape index (κ3) is 6.15. The van der Waals surface area contributed by atoms with Gasteiger partial charge >= 0.3 is 0 Å². The van der Waals surface area contributed by atoms with Crippen LogP contribution in [-0.2, 0) is 13.1 Å². The molecule has 1 fully saturated rings. The molecule has 0 aliphatic heterocycles. The van der Waals surface area contributed by atoms with Crippen molar-refractivity contribution in [3.63, 3.8) is 0 Å². The number of rotatable bonds is 9. The van der Waals surface area contributed by atoms with Gasteiger partial charge in [0.25, 0.3) is 0 Å². The summed E-state index contributed by atoms with van der Waals surface area (Å²) >= 11 is 3.34. The van der Waals surface area contributed by atoms with E-state index < -0.39 is 5.97 Å². The van der Waals surface area contributed by atoms with E-state index in [4.69, 9.17) is 9.72 Å². The number of aromatic carboxylic acids is 1.